The van der Waals surface area contributed by atoms with Crippen LogP contribution < -0.4 is 0 Å². The summed E-state index contributed by atoms with van der Waals surface area (Å²) in [5, 5.41) is 13.2. The number of carboxylic acid groups (broad SMARTS) is 1. The maximum Gasteiger partial charge on any atom is 0.339 e. The van der Waals surface area contributed by atoms with Crippen molar-refractivity contribution in [3.05, 3.63) is 141 Å². The molecule has 4 aromatic heterocycles. The van der Waals surface area contributed by atoms with Gasteiger partial charge >= 0.3 is 11.9 Å². The second kappa shape index (κ2) is 21.1. The van der Waals surface area contributed by atoms with E-state index >= 15 is 0 Å². The predicted octanol–water partition coefficient (Wildman–Crippen LogP) is 15.9. The number of nitrogens with zero attached hydrogens (tertiary/aromatic N) is 6. The SMILES string of the molecule is CCOC(=O)[C@@H](OC(C)(C)C)c1c(C)cc2nc(-c3ccc4c(c3)nc(C)n4C)sc2c1-c1ccc(Cl)cc1.Cc1cc2nc(-c3ccc4c(c3)nc(C)n4C)sc2c(-c2ccc(Cl)cc2)c1[C@H](OC(C)(C)C)C(=O)O. The average Bonchev–Trinajstić information content (AvgIpc) is 4.13. The third-order valence-corrected chi connectivity index (χ3v) is 15.8. The molecule has 2 atom stereocenters. The zero-order valence-corrected chi connectivity index (χ0v) is 48.0. The molecule has 392 valence electrons. The average molecular weight is 1100 g/mol. The van der Waals surface area contributed by atoms with Crippen LogP contribution in [-0.4, -0.2) is 63.9 Å². The van der Waals surface area contributed by atoms with E-state index < -0.39 is 35.3 Å². The Balaban J connectivity index is 0.000000186. The molecular formula is C60H60Cl2N6O6S2. The highest BCUT2D eigenvalue weighted by molar-refractivity contribution is 7.22. The first kappa shape index (κ1) is 54.3. The van der Waals surface area contributed by atoms with Gasteiger partial charge in [0.1, 0.15) is 21.7 Å². The third kappa shape index (κ3) is 11.0. The second-order valence-electron chi connectivity index (χ2n) is 20.9. The topological polar surface area (TPSA) is 143 Å². The zero-order valence-electron chi connectivity index (χ0n) is 44.8. The molecule has 1 N–H and O–H groups in total. The van der Waals surface area contributed by atoms with Gasteiger partial charge in [0.05, 0.1) is 60.3 Å². The van der Waals surface area contributed by atoms with Crippen LogP contribution in [0, 0.1) is 27.7 Å². The van der Waals surface area contributed by atoms with E-state index in [1.54, 1.807) is 18.3 Å². The molecule has 0 bridgehead atoms. The van der Waals surface area contributed by atoms with E-state index in [-0.39, 0.29) is 6.61 Å². The van der Waals surface area contributed by atoms with E-state index in [1.165, 1.54) is 11.3 Å². The van der Waals surface area contributed by atoms with Crippen molar-refractivity contribution < 1.29 is 28.9 Å². The van der Waals surface area contributed by atoms with Crippen molar-refractivity contribution >= 4 is 100 Å². The van der Waals surface area contributed by atoms with Gasteiger partial charge < -0.3 is 28.5 Å². The summed E-state index contributed by atoms with van der Waals surface area (Å²) in [6.07, 6.45) is -2.05. The molecule has 12 nitrogen and oxygen atoms in total. The van der Waals surface area contributed by atoms with Gasteiger partial charge in [-0.3, -0.25) is 0 Å². The summed E-state index contributed by atoms with van der Waals surface area (Å²) >= 11 is 15.6. The molecular weight excluding hydrogens is 1040 g/mol. The number of aryl methyl sites for hydroxylation is 6. The minimum atomic E-state index is -1.14. The Hall–Kier alpha value is -6.52. The standard InChI is InChI=1S/C31H32ClN3O3S.C29H28ClN3O3S/c1-8-37-30(36)27(38-31(4,5)6)25-17(2)15-23-28(26(25)19-9-12-21(32)13-10-19)39-29(34-23)20-11-14-24-22(16-20)33-18(3)35(24)7;1-15-13-21-26(37-27(32-21)18-9-12-22-20(14-18)31-16(2)33(22)6)24(17-7-10-19(30)11-8-17)23(15)25(28(34)35)36-29(3,4)5/h9-16,27H,8H2,1-7H3;7-14,25H,1-6H3,(H,34,35)/t27-;25-/m00/s1. The summed E-state index contributed by atoms with van der Waals surface area (Å²) in [4.78, 5) is 45.3. The number of carboxylic acids is 1. The zero-order chi connectivity index (χ0) is 54.7. The Kier molecular flexibility index (Phi) is 15.1. The molecule has 6 aromatic carbocycles. The molecule has 4 heterocycles. The Morgan fingerprint density at radius 1 is 0.566 bits per heavy atom. The van der Waals surface area contributed by atoms with Crippen molar-refractivity contribution in [3.8, 4) is 43.4 Å². The van der Waals surface area contributed by atoms with Crippen molar-refractivity contribution in [2.75, 3.05) is 6.61 Å². The molecule has 0 spiro atoms. The molecule has 0 aliphatic carbocycles. The van der Waals surface area contributed by atoms with Gasteiger partial charge in [-0.05, 0) is 171 Å². The van der Waals surface area contributed by atoms with Crippen LogP contribution in [0.1, 0.15) is 94.6 Å². The lowest BCUT2D eigenvalue weighted by molar-refractivity contribution is -0.166. The lowest BCUT2D eigenvalue weighted by Crippen LogP contribution is -2.29. The summed E-state index contributed by atoms with van der Waals surface area (Å²) in [7, 11) is 4.02. The van der Waals surface area contributed by atoms with E-state index in [0.717, 1.165) is 114 Å². The normalized spacial score (nSPS) is 12.9. The van der Waals surface area contributed by atoms with Crippen molar-refractivity contribution in [2.45, 2.75) is 99.6 Å². The molecule has 0 aliphatic rings. The third-order valence-electron chi connectivity index (χ3n) is 13.0. The first-order chi connectivity index (χ1) is 35.9. The van der Waals surface area contributed by atoms with Crippen LogP contribution in [0.4, 0.5) is 0 Å². The van der Waals surface area contributed by atoms with Crippen LogP contribution >= 0.6 is 45.9 Å². The van der Waals surface area contributed by atoms with E-state index in [4.69, 9.17) is 52.4 Å². The molecule has 16 heteroatoms. The highest BCUT2D eigenvalue weighted by atomic mass is 35.5. The number of thiazole rings is 2. The molecule has 0 aliphatic heterocycles. The number of fused-ring (bicyclic) bond motifs is 4. The number of esters is 1. The van der Waals surface area contributed by atoms with Crippen LogP contribution in [0.15, 0.2) is 97.1 Å². The summed E-state index contributed by atoms with van der Waals surface area (Å²) < 4.78 is 24.0. The van der Waals surface area contributed by atoms with E-state index in [2.05, 4.69) is 50.5 Å². The Morgan fingerprint density at radius 2 is 0.947 bits per heavy atom. The number of benzene rings is 6. The number of hydrogen-bond donors (Lipinski definition) is 1. The van der Waals surface area contributed by atoms with Crippen LogP contribution in [-0.2, 0) is 37.9 Å². The number of hydrogen-bond acceptors (Lipinski definition) is 11. The number of halogens is 2. The maximum atomic E-state index is 13.3. The van der Waals surface area contributed by atoms with Crippen molar-refractivity contribution in [2.24, 2.45) is 14.1 Å². The number of rotatable bonds is 11. The molecule has 0 radical (unpaired) electrons. The lowest BCUT2D eigenvalue weighted by Gasteiger charge is -2.29. The summed E-state index contributed by atoms with van der Waals surface area (Å²) in [5.74, 6) is 0.458. The van der Waals surface area contributed by atoms with Gasteiger partial charge in [0.25, 0.3) is 0 Å². The summed E-state index contributed by atoms with van der Waals surface area (Å²) in [6, 6.07) is 31.5. The Morgan fingerprint density at radius 3 is 1.33 bits per heavy atom. The smallest absolute Gasteiger partial charge is 0.339 e. The number of carbonyl (C=O) groups is 2. The minimum absolute atomic E-state index is 0.264. The van der Waals surface area contributed by atoms with Crippen LogP contribution in [0.5, 0.6) is 0 Å². The lowest BCUT2D eigenvalue weighted by atomic mass is 9.91. The van der Waals surface area contributed by atoms with Crippen molar-refractivity contribution in [1.82, 2.24) is 29.1 Å². The fourth-order valence-corrected chi connectivity index (χ4v) is 11.9. The number of aromatic nitrogens is 6. The van der Waals surface area contributed by atoms with Crippen LogP contribution in [0.2, 0.25) is 10.0 Å². The summed E-state index contributed by atoms with van der Waals surface area (Å²) in [5.41, 5.74) is 13.0. The predicted molar refractivity (Wildman–Crippen MR) is 310 cm³/mol. The second-order valence-corrected chi connectivity index (χ2v) is 23.7. The van der Waals surface area contributed by atoms with Crippen molar-refractivity contribution in [3.63, 3.8) is 0 Å². The molecule has 10 rings (SSSR count). The minimum Gasteiger partial charge on any atom is -0.479 e. The fourth-order valence-electron chi connectivity index (χ4n) is 9.44. The molecule has 0 unspecified atom stereocenters. The van der Waals surface area contributed by atoms with Gasteiger partial charge in [-0.15, -0.1) is 22.7 Å². The quantitative estimate of drug-likeness (QED) is 0.124. The number of aliphatic carboxylic acids is 1. The first-order valence-corrected chi connectivity index (χ1v) is 27.3. The highest BCUT2D eigenvalue weighted by Gasteiger charge is 2.35. The molecule has 76 heavy (non-hydrogen) atoms. The van der Waals surface area contributed by atoms with Gasteiger partial charge in [-0.1, -0.05) is 47.5 Å². The van der Waals surface area contributed by atoms with Gasteiger partial charge in [-0.25, -0.2) is 29.5 Å². The van der Waals surface area contributed by atoms with E-state index in [0.29, 0.717) is 15.6 Å². The monoisotopic (exact) mass is 1090 g/mol. The Bertz CT molecular complexity index is 3860. The number of imidazole rings is 2. The highest BCUT2D eigenvalue weighted by Crippen LogP contribution is 2.47. The van der Waals surface area contributed by atoms with Gasteiger partial charge in [-0.2, -0.15) is 0 Å². The van der Waals surface area contributed by atoms with Crippen molar-refractivity contribution in [1.29, 1.82) is 0 Å². The molecule has 10 aromatic rings. The molecule has 0 fully saturated rings. The maximum absolute atomic E-state index is 13.3. The molecule has 0 saturated heterocycles. The van der Waals surface area contributed by atoms with Crippen LogP contribution in [0.25, 0.3) is 85.9 Å². The summed E-state index contributed by atoms with van der Waals surface area (Å²) in [6.45, 7) is 21.4. The number of carbonyl (C=O) groups excluding carboxylic acids is 1. The van der Waals surface area contributed by atoms with Gasteiger partial charge in [0, 0.05) is 57.5 Å². The van der Waals surface area contributed by atoms with E-state index in [9.17, 15) is 14.7 Å². The Labute approximate surface area is 460 Å². The first-order valence-electron chi connectivity index (χ1n) is 24.9. The van der Waals surface area contributed by atoms with Gasteiger partial charge in [0.15, 0.2) is 12.2 Å². The molecule has 0 amide bonds. The van der Waals surface area contributed by atoms with Gasteiger partial charge in [0.2, 0.25) is 0 Å². The van der Waals surface area contributed by atoms with Crippen LogP contribution in [0.3, 0.4) is 0 Å². The molecule has 0 saturated carbocycles. The fraction of sp³-hybridized carbons (Fsp3) is 0.300. The number of ether oxygens (including phenoxy) is 3. The largest absolute Gasteiger partial charge is 0.479 e. The van der Waals surface area contributed by atoms with E-state index in [1.807, 2.05) is 144 Å².